The molecule has 1 aromatic rings. The summed E-state index contributed by atoms with van der Waals surface area (Å²) in [6.07, 6.45) is 4.26. The first-order chi connectivity index (χ1) is 13.3. The van der Waals surface area contributed by atoms with Crippen LogP contribution in [0.5, 0.6) is 0 Å². The van der Waals surface area contributed by atoms with Crippen LogP contribution in [0.4, 0.5) is 0 Å². The maximum absolute atomic E-state index is 12.9. The van der Waals surface area contributed by atoms with E-state index < -0.39 is 10.0 Å². The number of hydrogen-bond acceptors (Lipinski definition) is 4. The number of aliphatic hydroxyl groups excluding tert-OH is 1. The molecule has 1 heterocycles. The molecule has 2 fully saturated rings. The highest BCUT2D eigenvalue weighted by Gasteiger charge is 2.33. The van der Waals surface area contributed by atoms with Crippen molar-refractivity contribution in [2.45, 2.75) is 49.5 Å². The lowest BCUT2D eigenvalue weighted by Crippen LogP contribution is -2.44. The zero-order chi connectivity index (χ0) is 20.3. The van der Waals surface area contributed by atoms with Crippen LogP contribution in [0.25, 0.3) is 0 Å². The molecule has 6 nitrogen and oxygen atoms in total. The van der Waals surface area contributed by atoms with E-state index in [1.807, 2.05) is 0 Å². The third kappa shape index (κ3) is 5.19. The van der Waals surface area contributed by atoms with E-state index in [9.17, 15) is 18.3 Å². The number of nitrogens with zero attached hydrogens (tertiary/aromatic N) is 1. The SMILES string of the molecule is O=C(NC[C@H]1CCC[C@H](O)C1)C1CCN(S(=O)(=O)c2cc(Cl)ccc2Cl)CC1. The Bertz CT molecular complexity index is 810. The lowest BCUT2D eigenvalue weighted by atomic mass is 9.87. The number of amides is 1. The number of nitrogens with one attached hydrogen (secondary N) is 1. The Morgan fingerprint density at radius 3 is 2.57 bits per heavy atom. The van der Waals surface area contributed by atoms with Crippen LogP contribution >= 0.6 is 23.2 Å². The second kappa shape index (κ2) is 9.30. The molecule has 1 aromatic carbocycles. The van der Waals surface area contributed by atoms with E-state index in [1.54, 1.807) is 6.07 Å². The topological polar surface area (TPSA) is 86.7 Å². The number of piperidine rings is 1. The molecule has 0 bridgehead atoms. The van der Waals surface area contributed by atoms with Crippen LogP contribution in [0.3, 0.4) is 0 Å². The summed E-state index contributed by atoms with van der Waals surface area (Å²) in [6, 6.07) is 4.38. The van der Waals surface area contributed by atoms with Crippen LogP contribution < -0.4 is 5.32 Å². The number of rotatable bonds is 5. The van der Waals surface area contributed by atoms with Gasteiger partial charge in [-0.2, -0.15) is 4.31 Å². The van der Waals surface area contributed by atoms with Crippen molar-refractivity contribution in [3.8, 4) is 0 Å². The van der Waals surface area contributed by atoms with Gasteiger partial charge in [0.2, 0.25) is 15.9 Å². The van der Waals surface area contributed by atoms with Gasteiger partial charge in [0.15, 0.2) is 0 Å². The molecule has 1 amide bonds. The Hall–Kier alpha value is -0.860. The molecule has 1 saturated heterocycles. The standard InChI is InChI=1S/C19H26Cl2N2O4S/c20-15-4-5-17(21)18(11-15)28(26,27)23-8-6-14(7-9-23)19(25)22-12-13-2-1-3-16(24)10-13/h4-5,11,13-14,16,24H,1-3,6-10,12H2,(H,22,25)/t13-,16-/m0/s1. The van der Waals surface area contributed by atoms with E-state index in [0.717, 1.165) is 25.7 Å². The number of hydrogen-bond donors (Lipinski definition) is 2. The molecule has 1 aliphatic carbocycles. The Kier molecular flexibility index (Phi) is 7.26. The highest BCUT2D eigenvalue weighted by Crippen LogP contribution is 2.30. The molecule has 2 N–H and O–H groups in total. The predicted octanol–water partition coefficient (Wildman–Crippen LogP) is 3.06. The second-order valence-corrected chi connectivity index (χ2v) is 10.4. The number of carbonyl (C=O) groups is 1. The summed E-state index contributed by atoms with van der Waals surface area (Å²) in [6.45, 7) is 1.11. The third-order valence-electron chi connectivity index (χ3n) is 5.66. The fraction of sp³-hybridized carbons (Fsp3) is 0.632. The molecule has 0 unspecified atom stereocenters. The van der Waals surface area contributed by atoms with Gasteiger partial charge in [0.25, 0.3) is 0 Å². The first kappa shape index (κ1) is 21.8. The van der Waals surface area contributed by atoms with Crippen molar-refractivity contribution in [3.05, 3.63) is 28.2 Å². The fourth-order valence-electron chi connectivity index (χ4n) is 4.01. The molecular formula is C19H26Cl2N2O4S. The Balaban J connectivity index is 1.53. The maximum Gasteiger partial charge on any atom is 0.244 e. The quantitative estimate of drug-likeness (QED) is 0.724. The molecule has 1 saturated carbocycles. The van der Waals surface area contributed by atoms with Gasteiger partial charge < -0.3 is 10.4 Å². The van der Waals surface area contributed by atoms with Crippen LogP contribution in [-0.2, 0) is 14.8 Å². The molecule has 3 rings (SSSR count). The summed E-state index contributed by atoms with van der Waals surface area (Å²) in [4.78, 5) is 12.5. The number of benzene rings is 1. The minimum absolute atomic E-state index is 0.000393. The molecule has 0 radical (unpaired) electrons. The summed E-state index contributed by atoms with van der Waals surface area (Å²) >= 11 is 12.0. The Morgan fingerprint density at radius 2 is 1.89 bits per heavy atom. The van der Waals surface area contributed by atoms with Gasteiger partial charge in [-0.05, 0) is 56.2 Å². The molecule has 28 heavy (non-hydrogen) atoms. The Morgan fingerprint density at radius 1 is 1.18 bits per heavy atom. The number of halogens is 2. The van der Waals surface area contributed by atoms with E-state index in [0.29, 0.717) is 30.3 Å². The maximum atomic E-state index is 12.9. The highest BCUT2D eigenvalue weighted by molar-refractivity contribution is 7.89. The molecule has 9 heteroatoms. The summed E-state index contributed by atoms with van der Waals surface area (Å²) < 4.78 is 27.1. The zero-order valence-corrected chi connectivity index (χ0v) is 17.9. The Labute approximate surface area is 176 Å². The van der Waals surface area contributed by atoms with Gasteiger partial charge >= 0.3 is 0 Å². The van der Waals surface area contributed by atoms with E-state index in [2.05, 4.69) is 5.32 Å². The molecule has 156 valence electrons. The minimum atomic E-state index is -3.74. The predicted molar refractivity (Wildman–Crippen MR) is 109 cm³/mol. The monoisotopic (exact) mass is 448 g/mol. The van der Waals surface area contributed by atoms with Crippen LogP contribution in [0.2, 0.25) is 10.0 Å². The number of sulfonamides is 1. The van der Waals surface area contributed by atoms with Crippen molar-refractivity contribution in [1.82, 2.24) is 9.62 Å². The van der Waals surface area contributed by atoms with Gasteiger partial charge in [0, 0.05) is 30.6 Å². The fourth-order valence-corrected chi connectivity index (χ4v) is 6.22. The van der Waals surface area contributed by atoms with Gasteiger partial charge in [-0.3, -0.25) is 4.79 Å². The first-order valence-corrected chi connectivity index (χ1v) is 11.9. The summed E-state index contributed by atoms with van der Waals surface area (Å²) in [5.74, 6) is 0.0887. The van der Waals surface area contributed by atoms with Gasteiger partial charge in [0.05, 0.1) is 11.1 Å². The van der Waals surface area contributed by atoms with E-state index in [4.69, 9.17) is 23.2 Å². The van der Waals surface area contributed by atoms with Crippen LogP contribution in [0.1, 0.15) is 38.5 Å². The van der Waals surface area contributed by atoms with Crippen molar-refractivity contribution in [1.29, 1.82) is 0 Å². The minimum Gasteiger partial charge on any atom is -0.393 e. The molecule has 2 aliphatic rings. The first-order valence-electron chi connectivity index (χ1n) is 9.68. The van der Waals surface area contributed by atoms with Crippen LogP contribution in [-0.4, -0.2) is 49.5 Å². The summed E-state index contributed by atoms with van der Waals surface area (Å²) in [5.41, 5.74) is 0. The van der Waals surface area contributed by atoms with Crippen LogP contribution in [0, 0.1) is 11.8 Å². The van der Waals surface area contributed by atoms with E-state index >= 15 is 0 Å². The van der Waals surface area contributed by atoms with Crippen molar-refractivity contribution in [2.75, 3.05) is 19.6 Å². The van der Waals surface area contributed by atoms with Crippen molar-refractivity contribution >= 4 is 39.1 Å². The molecular weight excluding hydrogens is 423 g/mol. The molecule has 0 spiro atoms. The van der Waals surface area contributed by atoms with Crippen molar-refractivity contribution in [2.24, 2.45) is 11.8 Å². The average molecular weight is 449 g/mol. The smallest absolute Gasteiger partial charge is 0.244 e. The highest BCUT2D eigenvalue weighted by atomic mass is 35.5. The van der Waals surface area contributed by atoms with Gasteiger partial charge in [0.1, 0.15) is 4.90 Å². The summed E-state index contributed by atoms with van der Waals surface area (Å²) in [5, 5.41) is 13.2. The van der Waals surface area contributed by atoms with E-state index in [-0.39, 0.29) is 40.9 Å². The lowest BCUT2D eigenvalue weighted by molar-refractivity contribution is -0.126. The molecule has 2 atom stereocenters. The van der Waals surface area contributed by atoms with Crippen molar-refractivity contribution < 1.29 is 18.3 Å². The van der Waals surface area contributed by atoms with Gasteiger partial charge in [-0.25, -0.2) is 8.42 Å². The van der Waals surface area contributed by atoms with Gasteiger partial charge in [-0.1, -0.05) is 29.6 Å². The van der Waals surface area contributed by atoms with E-state index in [1.165, 1.54) is 16.4 Å². The van der Waals surface area contributed by atoms with Gasteiger partial charge in [-0.15, -0.1) is 0 Å². The van der Waals surface area contributed by atoms with Crippen LogP contribution in [0.15, 0.2) is 23.1 Å². The number of carbonyl (C=O) groups excluding carboxylic acids is 1. The largest absolute Gasteiger partial charge is 0.393 e. The lowest BCUT2D eigenvalue weighted by Gasteiger charge is -2.31. The molecule has 1 aliphatic heterocycles. The third-order valence-corrected chi connectivity index (χ3v) is 8.27. The summed E-state index contributed by atoms with van der Waals surface area (Å²) in [7, 11) is -3.74. The zero-order valence-electron chi connectivity index (χ0n) is 15.6. The number of aliphatic hydroxyl groups is 1. The molecule has 0 aromatic heterocycles. The normalized spacial score (nSPS) is 24.8. The van der Waals surface area contributed by atoms with Crippen molar-refractivity contribution in [3.63, 3.8) is 0 Å². The second-order valence-electron chi connectivity index (χ2n) is 7.68. The average Bonchev–Trinajstić information content (AvgIpc) is 2.68.